The normalized spacial score (nSPS) is 15.6. The van der Waals surface area contributed by atoms with Crippen molar-refractivity contribution in [3.63, 3.8) is 0 Å². The van der Waals surface area contributed by atoms with Gasteiger partial charge in [0.15, 0.2) is 0 Å². The first-order chi connectivity index (χ1) is 13.2. The monoisotopic (exact) mass is 377 g/mol. The molecule has 1 aromatic rings. The van der Waals surface area contributed by atoms with Crippen LogP contribution in [0.2, 0.25) is 0 Å². The number of likely N-dealkylation sites (tertiary alicyclic amines) is 1. The van der Waals surface area contributed by atoms with Crippen LogP contribution in [0.1, 0.15) is 38.2 Å². The third-order valence-electron chi connectivity index (χ3n) is 4.95. The van der Waals surface area contributed by atoms with Gasteiger partial charge in [0, 0.05) is 19.3 Å². The highest BCUT2D eigenvalue weighted by molar-refractivity contribution is 5.89. The van der Waals surface area contributed by atoms with E-state index in [-0.39, 0.29) is 6.03 Å². The molecule has 2 N–H and O–H groups in total. The molecule has 0 saturated carbocycles. The molecular weight excluding hydrogens is 342 g/mol. The first kappa shape index (κ1) is 21.7. The van der Waals surface area contributed by atoms with Crippen molar-refractivity contribution in [1.29, 1.82) is 0 Å². The van der Waals surface area contributed by atoms with Gasteiger partial charge in [-0.25, -0.2) is 4.79 Å². The van der Waals surface area contributed by atoms with Crippen LogP contribution in [0.25, 0.3) is 0 Å². The number of amides is 2. The first-order valence-corrected chi connectivity index (χ1v) is 10.1. The Morgan fingerprint density at radius 1 is 1.22 bits per heavy atom. The van der Waals surface area contributed by atoms with E-state index in [4.69, 9.17) is 9.47 Å². The molecule has 0 atom stereocenters. The van der Waals surface area contributed by atoms with Crippen LogP contribution >= 0.6 is 0 Å². The molecule has 0 aliphatic carbocycles. The fourth-order valence-electron chi connectivity index (χ4n) is 3.19. The van der Waals surface area contributed by atoms with Crippen molar-refractivity contribution in [3.8, 4) is 0 Å². The fourth-order valence-corrected chi connectivity index (χ4v) is 3.19. The van der Waals surface area contributed by atoms with Crippen LogP contribution in [0.5, 0.6) is 0 Å². The average Bonchev–Trinajstić information content (AvgIpc) is 2.67. The summed E-state index contributed by atoms with van der Waals surface area (Å²) in [4.78, 5) is 14.6. The Morgan fingerprint density at radius 3 is 2.81 bits per heavy atom. The molecule has 0 unspecified atom stereocenters. The number of nitrogens with zero attached hydrogens (tertiary/aromatic N) is 1. The SMILES string of the molecule is COCCOCc1cccc(NC(=O)NCCCCN2CCC(C)CC2)c1. The van der Waals surface area contributed by atoms with Crippen molar-refractivity contribution in [2.24, 2.45) is 5.92 Å². The van der Waals surface area contributed by atoms with E-state index in [2.05, 4.69) is 22.5 Å². The van der Waals surface area contributed by atoms with Gasteiger partial charge in [0.25, 0.3) is 0 Å². The first-order valence-electron chi connectivity index (χ1n) is 10.1. The molecule has 2 amide bonds. The van der Waals surface area contributed by atoms with Gasteiger partial charge in [-0.3, -0.25) is 0 Å². The van der Waals surface area contributed by atoms with E-state index in [0.717, 1.165) is 36.6 Å². The Bertz CT molecular complexity index is 545. The molecule has 2 rings (SSSR count). The molecule has 6 nitrogen and oxygen atoms in total. The zero-order valence-electron chi connectivity index (χ0n) is 16.8. The van der Waals surface area contributed by atoms with E-state index in [1.165, 1.54) is 25.9 Å². The van der Waals surface area contributed by atoms with E-state index in [0.29, 0.717) is 26.4 Å². The number of anilines is 1. The zero-order chi connectivity index (χ0) is 19.3. The molecule has 0 bridgehead atoms. The minimum atomic E-state index is -0.153. The van der Waals surface area contributed by atoms with E-state index < -0.39 is 0 Å². The maximum absolute atomic E-state index is 12.0. The summed E-state index contributed by atoms with van der Waals surface area (Å²) in [7, 11) is 1.65. The molecule has 1 aliphatic rings. The van der Waals surface area contributed by atoms with Crippen LogP contribution < -0.4 is 10.6 Å². The number of methoxy groups -OCH3 is 1. The third-order valence-corrected chi connectivity index (χ3v) is 4.95. The van der Waals surface area contributed by atoms with E-state index in [9.17, 15) is 4.79 Å². The van der Waals surface area contributed by atoms with Crippen LogP contribution in [0.15, 0.2) is 24.3 Å². The topological polar surface area (TPSA) is 62.8 Å². The molecule has 1 heterocycles. The maximum atomic E-state index is 12.0. The largest absolute Gasteiger partial charge is 0.382 e. The lowest BCUT2D eigenvalue weighted by atomic mass is 9.99. The Balaban J connectivity index is 1.57. The van der Waals surface area contributed by atoms with E-state index in [1.807, 2.05) is 24.3 Å². The van der Waals surface area contributed by atoms with Gasteiger partial charge in [0.05, 0.1) is 19.8 Å². The second-order valence-corrected chi connectivity index (χ2v) is 7.36. The number of urea groups is 1. The fraction of sp³-hybridized carbons (Fsp3) is 0.667. The number of ether oxygens (including phenoxy) is 2. The van der Waals surface area contributed by atoms with Gasteiger partial charge < -0.3 is 25.0 Å². The molecule has 1 saturated heterocycles. The van der Waals surface area contributed by atoms with Gasteiger partial charge in [0.2, 0.25) is 0 Å². The molecule has 1 fully saturated rings. The summed E-state index contributed by atoms with van der Waals surface area (Å²) in [5.41, 5.74) is 1.81. The van der Waals surface area contributed by atoms with Gasteiger partial charge in [-0.1, -0.05) is 19.1 Å². The molecule has 0 aromatic heterocycles. The highest BCUT2D eigenvalue weighted by atomic mass is 16.5. The van der Waals surface area contributed by atoms with Crippen LogP contribution in [0.3, 0.4) is 0 Å². The van der Waals surface area contributed by atoms with Crippen molar-refractivity contribution in [1.82, 2.24) is 10.2 Å². The van der Waals surface area contributed by atoms with Gasteiger partial charge in [0.1, 0.15) is 0 Å². The Hall–Kier alpha value is -1.63. The van der Waals surface area contributed by atoms with Crippen molar-refractivity contribution in [2.45, 2.75) is 39.2 Å². The summed E-state index contributed by atoms with van der Waals surface area (Å²) in [5.74, 6) is 0.877. The molecule has 1 aromatic carbocycles. The minimum absolute atomic E-state index is 0.153. The summed E-state index contributed by atoms with van der Waals surface area (Å²) in [6, 6.07) is 7.57. The Labute approximate surface area is 163 Å². The summed E-state index contributed by atoms with van der Waals surface area (Å²) in [5, 5.41) is 5.83. The molecule has 27 heavy (non-hydrogen) atoms. The van der Waals surface area contributed by atoms with Gasteiger partial charge in [-0.05, 0) is 68.9 Å². The lowest BCUT2D eigenvalue weighted by Crippen LogP contribution is -2.34. The summed E-state index contributed by atoms with van der Waals surface area (Å²) in [6.45, 7) is 8.28. The van der Waals surface area contributed by atoms with Crippen LogP contribution in [-0.4, -0.2) is 57.4 Å². The number of hydrogen-bond acceptors (Lipinski definition) is 4. The second-order valence-electron chi connectivity index (χ2n) is 7.36. The molecule has 6 heteroatoms. The Morgan fingerprint density at radius 2 is 2.04 bits per heavy atom. The molecule has 0 spiro atoms. The smallest absolute Gasteiger partial charge is 0.319 e. The molecule has 0 radical (unpaired) electrons. The van der Waals surface area contributed by atoms with E-state index >= 15 is 0 Å². The van der Waals surface area contributed by atoms with Crippen molar-refractivity contribution < 1.29 is 14.3 Å². The summed E-state index contributed by atoms with van der Waals surface area (Å²) in [6.07, 6.45) is 4.77. The summed E-state index contributed by atoms with van der Waals surface area (Å²) >= 11 is 0. The predicted octanol–water partition coefficient (Wildman–Crippen LogP) is 3.48. The molecular formula is C21H35N3O3. The molecule has 152 valence electrons. The number of unbranched alkanes of at least 4 members (excludes halogenated alkanes) is 1. The summed E-state index contributed by atoms with van der Waals surface area (Å²) < 4.78 is 10.5. The van der Waals surface area contributed by atoms with E-state index in [1.54, 1.807) is 7.11 Å². The highest BCUT2D eigenvalue weighted by Gasteiger charge is 2.14. The van der Waals surface area contributed by atoms with Gasteiger partial charge in [-0.2, -0.15) is 0 Å². The van der Waals surface area contributed by atoms with Crippen molar-refractivity contribution in [3.05, 3.63) is 29.8 Å². The number of carbonyl (C=O) groups excluding carboxylic acids is 1. The van der Waals surface area contributed by atoms with Crippen molar-refractivity contribution >= 4 is 11.7 Å². The maximum Gasteiger partial charge on any atom is 0.319 e. The predicted molar refractivity (Wildman–Crippen MR) is 109 cm³/mol. The highest BCUT2D eigenvalue weighted by Crippen LogP contribution is 2.16. The number of benzene rings is 1. The lowest BCUT2D eigenvalue weighted by molar-refractivity contribution is 0.0617. The van der Waals surface area contributed by atoms with Crippen LogP contribution in [-0.2, 0) is 16.1 Å². The quantitative estimate of drug-likeness (QED) is 0.580. The second kappa shape index (κ2) is 12.7. The number of nitrogens with one attached hydrogen (secondary N) is 2. The minimum Gasteiger partial charge on any atom is -0.382 e. The van der Waals surface area contributed by atoms with Gasteiger partial charge in [-0.15, -0.1) is 0 Å². The average molecular weight is 378 g/mol. The number of piperidine rings is 1. The van der Waals surface area contributed by atoms with Gasteiger partial charge >= 0.3 is 6.03 Å². The van der Waals surface area contributed by atoms with Crippen LogP contribution in [0.4, 0.5) is 10.5 Å². The number of carbonyl (C=O) groups is 1. The zero-order valence-corrected chi connectivity index (χ0v) is 16.8. The lowest BCUT2D eigenvalue weighted by Gasteiger charge is -2.30. The third kappa shape index (κ3) is 9.22. The van der Waals surface area contributed by atoms with Crippen molar-refractivity contribution in [2.75, 3.05) is 51.8 Å². The molecule has 1 aliphatic heterocycles. The standard InChI is InChI=1S/C21H35N3O3/c1-18-8-12-24(13-9-18)11-4-3-10-22-21(25)23-20-7-5-6-19(16-20)17-27-15-14-26-2/h5-7,16,18H,3-4,8-15,17H2,1-2H3,(H2,22,23,25). The number of rotatable bonds is 11. The Kier molecular flexibility index (Phi) is 10.2. The van der Waals surface area contributed by atoms with Crippen LogP contribution in [0, 0.1) is 5.92 Å². The number of hydrogen-bond donors (Lipinski definition) is 2.